The fourth-order valence-electron chi connectivity index (χ4n) is 3.22. The lowest BCUT2D eigenvalue weighted by Gasteiger charge is -2.42. The van der Waals surface area contributed by atoms with Gasteiger partial charge in [0.2, 0.25) is 0 Å². The normalized spacial score (nSPS) is 19.4. The summed E-state index contributed by atoms with van der Waals surface area (Å²) in [5.74, 6) is 1.24. The molecule has 1 fully saturated rings. The number of aryl methyl sites for hydroxylation is 1. The molecule has 1 unspecified atom stereocenters. The second-order valence-corrected chi connectivity index (χ2v) is 7.19. The van der Waals surface area contributed by atoms with Crippen molar-refractivity contribution in [1.82, 2.24) is 4.90 Å². The van der Waals surface area contributed by atoms with Gasteiger partial charge in [0.05, 0.1) is 12.1 Å². The molecule has 1 atom stereocenters. The number of hydrogen-bond donors (Lipinski definition) is 1. The minimum absolute atomic E-state index is 0.191. The Kier molecular flexibility index (Phi) is 5.34. The van der Waals surface area contributed by atoms with Crippen molar-refractivity contribution in [1.29, 1.82) is 0 Å². The summed E-state index contributed by atoms with van der Waals surface area (Å²) in [6.45, 7) is 6.72. The molecule has 0 saturated carbocycles. The Morgan fingerprint density at radius 3 is 2.73 bits per heavy atom. The Hall–Kier alpha value is -2.31. The summed E-state index contributed by atoms with van der Waals surface area (Å²) in [7, 11) is 0. The fraction of sp³-hybridized carbons (Fsp3) is 0.450. The van der Waals surface area contributed by atoms with Crippen molar-refractivity contribution >= 4 is 5.91 Å². The van der Waals surface area contributed by atoms with Crippen LogP contribution in [-0.4, -0.2) is 47.3 Å². The van der Waals surface area contributed by atoms with Crippen LogP contribution in [-0.2, 0) is 11.3 Å². The molecule has 6 heteroatoms. The van der Waals surface area contributed by atoms with Crippen molar-refractivity contribution in [2.24, 2.45) is 0 Å². The van der Waals surface area contributed by atoms with Gasteiger partial charge in [0.25, 0.3) is 5.91 Å². The van der Waals surface area contributed by atoms with Gasteiger partial charge in [-0.3, -0.25) is 4.79 Å². The highest BCUT2D eigenvalue weighted by atomic mass is 16.5. The third kappa shape index (κ3) is 4.26. The Bertz CT molecular complexity index is 753. The van der Waals surface area contributed by atoms with Crippen LogP contribution in [0.4, 0.5) is 0 Å². The zero-order valence-electron chi connectivity index (χ0n) is 15.4. The minimum Gasteiger partial charge on any atom is -0.491 e. The number of morpholine rings is 1. The summed E-state index contributed by atoms with van der Waals surface area (Å²) in [5.41, 5.74) is 0.235. The molecule has 0 radical (unpaired) electrons. The molecule has 1 aliphatic heterocycles. The molecule has 0 aliphatic carbocycles. The first-order valence-corrected chi connectivity index (χ1v) is 8.73. The lowest BCUT2D eigenvalue weighted by molar-refractivity contribution is -0.137. The maximum atomic E-state index is 12.9. The van der Waals surface area contributed by atoms with E-state index in [1.807, 2.05) is 44.2 Å². The SMILES string of the molecule is Cc1cc(CO)oc1C(=O)N1CC(COc2ccccc2)OC(C)(C)C1. The van der Waals surface area contributed by atoms with Gasteiger partial charge in [-0.1, -0.05) is 18.2 Å². The minimum atomic E-state index is -0.487. The second kappa shape index (κ2) is 7.51. The standard InChI is InChI=1S/C20H25NO5/c1-14-9-16(11-22)25-18(14)19(23)21-10-17(26-20(2,3)13-21)12-24-15-7-5-4-6-8-15/h4-9,17,22H,10-13H2,1-3H3. The van der Waals surface area contributed by atoms with E-state index >= 15 is 0 Å². The van der Waals surface area contributed by atoms with Crippen molar-refractivity contribution in [3.8, 4) is 5.75 Å². The van der Waals surface area contributed by atoms with Gasteiger partial charge in [-0.25, -0.2) is 0 Å². The molecule has 1 aromatic heterocycles. The van der Waals surface area contributed by atoms with E-state index in [1.165, 1.54) is 0 Å². The van der Waals surface area contributed by atoms with E-state index < -0.39 is 5.60 Å². The van der Waals surface area contributed by atoms with Gasteiger partial charge >= 0.3 is 0 Å². The van der Waals surface area contributed by atoms with E-state index in [0.29, 0.717) is 25.5 Å². The van der Waals surface area contributed by atoms with Crippen molar-refractivity contribution in [3.63, 3.8) is 0 Å². The molecule has 1 aliphatic rings. The maximum Gasteiger partial charge on any atom is 0.290 e. The molecule has 140 valence electrons. The van der Waals surface area contributed by atoms with Crippen LogP contribution in [0.5, 0.6) is 5.75 Å². The molecule has 0 bridgehead atoms. The van der Waals surface area contributed by atoms with E-state index in [0.717, 1.165) is 11.3 Å². The highest BCUT2D eigenvalue weighted by Gasteiger charge is 2.37. The Balaban J connectivity index is 1.70. The van der Waals surface area contributed by atoms with Gasteiger partial charge in [-0.15, -0.1) is 0 Å². The quantitative estimate of drug-likeness (QED) is 0.889. The number of aliphatic hydroxyl groups excluding tert-OH is 1. The summed E-state index contributed by atoms with van der Waals surface area (Å²) >= 11 is 0. The number of rotatable bonds is 5. The van der Waals surface area contributed by atoms with Crippen molar-refractivity contribution in [2.75, 3.05) is 19.7 Å². The first-order valence-electron chi connectivity index (χ1n) is 8.73. The average Bonchev–Trinajstić information content (AvgIpc) is 3.00. The summed E-state index contributed by atoms with van der Waals surface area (Å²) in [4.78, 5) is 14.6. The molecule has 6 nitrogen and oxygen atoms in total. The van der Waals surface area contributed by atoms with Crippen molar-refractivity contribution < 1.29 is 23.8 Å². The van der Waals surface area contributed by atoms with Gasteiger partial charge in [-0.05, 0) is 39.0 Å². The topological polar surface area (TPSA) is 72.1 Å². The van der Waals surface area contributed by atoms with Crippen LogP contribution in [0, 0.1) is 6.92 Å². The first-order chi connectivity index (χ1) is 12.4. The number of carbonyl (C=O) groups excluding carboxylic acids is 1. The number of para-hydroxylation sites is 1. The van der Waals surface area contributed by atoms with E-state index in [2.05, 4.69) is 0 Å². The Labute approximate surface area is 153 Å². The molecule has 1 amide bonds. The summed E-state index contributed by atoms with van der Waals surface area (Å²) in [6.07, 6.45) is -0.240. The van der Waals surface area contributed by atoms with E-state index in [1.54, 1.807) is 17.9 Å². The Morgan fingerprint density at radius 1 is 1.35 bits per heavy atom. The highest BCUT2D eigenvalue weighted by Crippen LogP contribution is 2.25. The molecule has 1 N–H and O–H groups in total. The molecule has 0 spiro atoms. The number of carbonyl (C=O) groups is 1. The largest absolute Gasteiger partial charge is 0.491 e. The maximum absolute atomic E-state index is 12.9. The van der Waals surface area contributed by atoms with Crippen LogP contribution in [0.25, 0.3) is 0 Å². The molecule has 2 heterocycles. The molecule has 1 saturated heterocycles. The Morgan fingerprint density at radius 2 is 2.08 bits per heavy atom. The number of ether oxygens (including phenoxy) is 2. The highest BCUT2D eigenvalue weighted by molar-refractivity contribution is 5.93. The van der Waals surface area contributed by atoms with Crippen LogP contribution < -0.4 is 4.74 Å². The summed E-state index contributed by atoms with van der Waals surface area (Å²) < 4.78 is 17.4. The van der Waals surface area contributed by atoms with Gasteiger partial charge < -0.3 is 23.9 Å². The second-order valence-electron chi connectivity index (χ2n) is 7.19. The summed E-state index contributed by atoms with van der Waals surface area (Å²) in [6, 6.07) is 11.2. The van der Waals surface area contributed by atoms with Gasteiger partial charge in [0.15, 0.2) is 5.76 Å². The van der Waals surface area contributed by atoms with Gasteiger partial charge in [-0.2, -0.15) is 0 Å². The smallest absolute Gasteiger partial charge is 0.290 e. The van der Waals surface area contributed by atoms with Crippen LogP contribution in [0.1, 0.15) is 35.7 Å². The predicted octanol–water partition coefficient (Wildman–Crippen LogP) is 2.78. The average molecular weight is 359 g/mol. The van der Waals surface area contributed by atoms with Crippen LogP contribution in [0.2, 0.25) is 0 Å². The molecule has 1 aromatic carbocycles. The molecular formula is C20H25NO5. The van der Waals surface area contributed by atoms with Crippen LogP contribution in [0.3, 0.4) is 0 Å². The third-order valence-electron chi connectivity index (χ3n) is 4.27. The predicted molar refractivity (Wildman–Crippen MR) is 96.2 cm³/mol. The van der Waals surface area contributed by atoms with Crippen LogP contribution >= 0.6 is 0 Å². The lowest BCUT2D eigenvalue weighted by Crippen LogP contribution is -2.56. The van der Waals surface area contributed by atoms with E-state index in [9.17, 15) is 9.90 Å². The number of amides is 1. The molecule has 3 rings (SSSR count). The van der Waals surface area contributed by atoms with Crippen molar-refractivity contribution in [3.05, 3.63) is 53.5 Å². The monoisotopic (exact) mass is 359 g/mol. The zero-order chi connectivity index (χ0) is 18.7. The molecule has 26 heavy (non-hydrogen) atoms. The fourth-order valence-corrected chi connectivity index (χ4v) is 3.22. The third-order valence-corrected chi connectivity index (χ3v) is 4.27. The first kappa shape index (κ1) is 18.5. The number of aliphatic hydroxyl groups is 1. The number of benzene rings is 1. The van der Waals surface area contributed by atoms with E-state index in [4.69, 9.17) is 13.9 Å². The zero-order valence-corrected chi connectivity index (χ0v) is 15.4. The number of furan rings is 1. The van der Waals surface area contributed by atoms with Gasteiger partial charge in [0, 0.05) is 12.1 Å². The van der Waals surface area contributed by atoms with E-state index in [-0.39, 0.29) is 24.4 Å². The van der Waals surface area contributed by atoms with Crippen molar-refractivity contribution in [2.45, 2.75) is 39.1 Å². The number of hydrogen-bond acceptors (Lipinski definition) is 5. The molecule has 2 aromatic rings. The lowest BCUT2D eigenvalue weighted by atomic mass is 10.0. The van der Waals surface area contributed by atoms with Crippen LogP contribution in [0.15, 0.2) is 40.8 Å². The number of nitrogens with zero attached hydrogens (tertiary/aromatic N) is 1. The molecular weight excluding hydrogens is 334 g/mol. The van der Waals surface area contributed by atoms with Gasteiger partial charge in [0.1, 0.15) is 30.8 Å². The summed E-state index contributed by atoms with van der Waals surface area (Å²) in [5, 5.41) is 9.22.